The smallest absolute Gasteiger partial charge is 0.223 e. The first-order chi connectivity index (χ1) is 9.10. The first-order valence-corrected chi connectivity index (χ1v) is 6.18. The number of aliphatic hydroxyl groups is 1. The van der Waals surface area contributed by atoms with Crippen molar-refractivity contribution in [1.82, 2.24) is 14.5 Å². The number of nitrogens with two attached hydrogens (primary N) is 1. The van der Waals surface area contributed by atoms with Gasteiger partial charge in [0.25, 0.3) is 0 Å². The van der Waals surface area contributed by atoms with Crippen LogP contribution in [0.4, 0.5) is 10.3 Å². The molecule has 0 amide bonds. The van der Waals surface area contributed by atoms with Gasteiger partial charge in [-0.2, -0.15) is 4.98 Å². The van der Waals surface area contributed by atoms with Crippen molar-refractivity contribution in [1.29, 1.82) is 0 Å². The SMILES string of the molecule is Nc1nc(Cl)c2ccn([C@@H]3O[C@H](CO)C[C@@H]3F)c2n1. The highest BCUT2D eigenvalue weighted by Gasteiger charge is 2.37. The lowest BCUT2D eigenvalue weighted by molar-refractivity contribution is -0.0348. The molecular weight excluding hydrogens is 275 g/mol. The van der Waals surface area contributed by atoms with Gasteiger partial charge in [-0.25, -0.2) is 9.37 Å². The molecule has 0 saturated carbocycles. The largest absolute Gasteiger partial charge is 0.394 e. The van der Waals surface area contributed by atoms with Crippen LogP contribution in [0, 0.1) is 0 Å². The summed E-state index contributed by atoms with van der Waals surface area (Å²) in [4.78, 5) is 7.90. The Morgan fingerprint density at radius 3 is 3.05 bits per heavy atom. The van der Waals surface area contributed by atoms with Gasteiger partial charge in [-0.1, -0.05) is 11.6 Å². The summed E-state index contributed by atoms with van der Waals surface area (Å²) < 4.78 is 20.9. The maximum Gasteiger partial charge on any atom is 0.223 e. The zero-order valence-electron chi connectivity index (χ0n) is 9.83. The lowest BCUT2D eigenvalue weighted by Gasteiger charge is -2.16. The number of hydrogen-bond acceptors (Lipinski definition) is 5. The fourth-order valence-corrected chi connectivity index (χ4v) is 2.51. The first-order valence-electron chi connectivity index (χ1n) is 5.80. The van der Waals surface area contributed by atoms with Crippen LogP contribution < -0.4 is 5.73 Å². The Labute approximate surface area is 113 Å². The van der Waals surface area contributed by atoms with E-state index in [1.54, 1.807) is 12.3 Å². The van der Waals surface area contributed by atoms with E-state index in [0.717, 1.165) is 0 Å². The van der Waals surface area contributed by atoms with E-state index in [1.165, 1.54) is 4.57 Å². The van der Waals surface area contributed by atoms with E-state index >= 15 is 0 Å². The first kappa shape index (κ1) is 12.6. The van der Waals surface area contributed by atoms with Crippen LogP contribution in [0.3, 0.4) is 0 Å². The molecular formula is C11H12ClFN4O2. The number of nitrogens with zero attached hydrogens (tertiary/aromatic N) is 3. The quantitative estimate of drug-likeness (QED) is 0.812. The number of anilines is 1. The molecule has 0 spiro atoms. The molecule has 102 valence electrons. The molecule has 2 aromatic heterocycles. The van der Waals surface area contributed by atoms with E-state index in [9.17, 15) is 4.39 Å². The van der Waals surface area contributed by atoms with E-state index in [2.05, 4.69) is 9.97 Å². The van der Waals surface area contributed by atoms with Crippen LogP contribution in [0.25, 0.3) is 11.0 Å². The number of alkyl halides is 1. The topological polar surface area (TPSA) is 86.2 Å². The molecule has 8 heteroatoms. The third-order valence-electron chi connectivity index (χ3n) is 3.15. The van der Waals surface area contributed by atoms with Gasteiger partial charge in [0.1, 0.15) is 17.0 Å². The number of aromatic nitrogens is 3. The molecule has 3 atom stereocenters. The van der Waals surface area contributed by atoms with Crippen molar-refractivity contribution in [2.24, 2.45) is 0 Å². The second-order valence-electron chi connectivity index (χ2n) is 4.42. The van der Waals surface area contributed by atoms with Crippen LogP contribution in [0.15, 0.2) is 12.3 Å². The highest BCUT2D eigenvalue weighted by Crippen LogP contribution is 2.34. The van der Waals surface area contributed by atoms with Crippen LogP contribution in [0.5, 0.6) is 0 Å². The average molecular weight is 287 g/mol. The lowest BCUT2D eigenvalue weighted by Crippen LogP contribution is -2.17. The third-order valence-corrected chi connectivity index (χ3v) is 3.44. The molecule has 0 aromatic carbocycles. The summed E-state index contributed by atoms with van der Waals surface area (Å²) in [6, 6.07) is 1.68. The Bertz CT molecular complexity index is 620. The van der Waals surface area contributed by atoms with E-state index < -0.39 is 18.5 Å². The van der Waals surface area contributed by atoms with Crippen LogP contribution >= 0.6 is 11.6 Å². The van der Waals surface area contributed by atoms with Gasteiger partial charge in [0.15, 0.2) is 6.23 Å². The summed E-state index contributed by atoms with van der Waals surface area (Å²) in [5.41, 5.74) is 5.97. The van der Waals surface area contributed by atoms with Gasteiger partial charge in [0.2, 0.25) is 5.95 Å². The second-order valence-corrected chi connectivity index (χ2v) is 4.77. The number of rotatable bonds is 2. The van der Waals surface area contributed by atoms with Crippen LogP contribution in [-0.2, 0) is 4.74 Å². The van der Waals surface area contributed by atoms with Crippen LogP contribution in [-0.4, -0.2) is 38.5 Å². The summed E-state index contributed by atoms with van der Waals surface area (Å²) in [6.07, 6.45) is -0.786. The lowest BCUT2D eigenvalue weighted by atomic mass is 10.2. The van der Waals surface area contributed by atoms with Gasteiger partial charge in [-0.05, 0) is 6.07 Å². The molecule has 2 aromatic rings. The normalized spacial score (nSPS) is 27.2. The van der Waals surface area contributed by atoms with Crippen molar-refractivity contribution in [2.45, 2.75) is 24.9 Å². The van der Waals surface area contributed by atoms with Crippen molar-refractivity contribution < 1.29 is 14.2 Å². The van der Waals surface area contributed by atoms with E-state index in [0.29, 0.717) is 11.0 Å². The zero-order chi connectivity index (χ0) is 13.6. The van der Waals surface area contributed by atoms with E-state index in [-0.39, 0.29) is 24.1 Å². The summed E-state index contributed by atoms with van der Waals surface area (Å²) in [7, 11) is 0. The molecule has 1 aliphatic rings. The highest BCUT2D eigenvalue weighted by atomic mass is 35.5. The van der Waals surface area contributed by atoms with Gasteiger partial charge >= 0.3 is 0 Å². The predicted molar refractivity (Wildman–Crippen MR) is 67.5 cm³/mol. The maximum absolute atomic E-state index is 14.0. The fourth-order valence-electron chi connectivity index (χ4n) is 2.28. The molecule has 1 saturated heterocycles. The molecule has 3 rings (SSSR count). The summed E-state index contributed by atoms with van der Waals surface area (Å²) in [6.45, 7) is -0.214. The molecule has 0 bridgehead atoms. The van der Waals surface area contributed by atoms with Crippen LogP contribution in [0.2, 0.25) is 5.15 Å². The minimum Gasteiger partial charge on any atom is -0.394 e. The van der Waals surface area contributed by atoms with E-state index in [4.69, 9.17) is 27.2 Å². The van der Waals surface area contributed by atoms with Crippen molar-refractivity contribution in [2.75, 3.05) is 12.3 Å². The molecule has 1 aliphatic heterocycles. The Kier molecular flexibility index (Phi) is 3.04. The Hall–Kier alpha value is -1.44. The molecule has 3 heterocycles. The van der Waals surface area contributed by atoms with Gasteiger partial charge in [-0.15, -0.1) is 0 Å². The van der Waals surface area contributed by atoms with Gasteiger partial charge in [-0.3, -0.25) is 0 Å². The minimum absolute atomic E-state index is 0.0181. The number of hydrogen-bond donors (Lipinski definition) is 2. The number of ether oxygens (including phenoxy) is 1. The van der Waals surface area contributed by atoms with Crippen molar-refractivity contribution in [3.8, 4) is 0 Å². The number of aliphatic hydroxyl groups excluding tert-OH is 1. The summed E-state index contributed by atoms with van der Waals surface area (Å²) in [5, 5.41) is 9.83. The van der Waals surface area contributed by atoms with Gasteiger partial charge in [0.05, 0.1) is 18.1 Å². The van der Waals surface area contributed by atoms with Crippen molar-refractivity contribution in [3.05, 3.63) is 17.4 Å². The Morgan fingerprint density at radius 2 is 2.37 bits per heavy atom. The number of halogens is 2. The predicted octanol–water partition coefficient (Wildman–Crippen LogP) is 1.28. The standard InChI is InChI=1S/C11H12ClFN4O2/c12-8-6-1-2-17(9(6)16-11(14)15-8)10-7(13)3-5(4-18)19-10/h1-2,5,7,10,18H,3-4H2,(H2,14,15,16)/t5-,7-,10+/m0/s1. The third kappa shape index (κ3) is 2.03. The fraction of sp³-hybridized carbons (Fsp3) is 0.455. The summed E-state index contributed by atoms with van der Waals surface area (Å²) in [5.74, 6) is 0.0181. The average Bonchev–Trinajstić information content (AvgIpc) is 2.92. The van der Waals surface area contributed by atoms with Crippen molar-refractivity contribution >= 4 is 28.6 Å². The minimum atomic E-state index is -1.22. The van der Waals surface area contributed by atoms with E-state index in [1.807, 2.05) is 0 Å². The van der Waals surface area contributed by atoms with Gasteiger partial charge in [0, 0.05) is 12.6 Å². The van der Waals surface area contributed by atoms with Crippen LogP contribution in [0.1, 0.15) is 12.6 Å². The maximum atomic E-state index is 14.0. The molecule has 1 fully saturated rings. The zero-order valence-corrected chi connectivity index (χ0v) is 10.6. The molecule has 0 radical (unpaired) electrons. The second kappa shape index (κ2) is 4.59. The Balaban J connectivity index is 2.06. The molecule has 19 heavy (non-hydrogen) atoms. The van der Waals surface area contributed by atoms with Crippen molar-refractivity contribution in [3.63, 3.8) is 0 Å². The molecule has 0 aliphatic carbocycles. The number of fused-ring (bicyclic) bond motifs is 1. The molecule has 6 nitrogen and oxygen atoms in total. The number of nitrogen functional groups attached to an aromatic ring is 1. The molecule has 0 unspecified atom stereocenters. The molecule has 3 N–H and O–H groups in total. The summed E-state index contributed by atoms with van der Waals surface area (Å²) >= 11 is 5.96. The monoisotopic (exact) mass is 286 g/mol. The highest BCUT2D eigenvalue weighted by molar-refractivity contribution is 6.34. The van der Waals surface area contributed by atoms with Gasteiger partial charge < -0.3 is 20.1 Å². The Morgan fingerprint density at radius 1 is 1.58 bits per heavy atom.